The fourth-order valence-electron chi connectivity index (χ4n) is 4.00. The van der Waals surface area contributed by atoms with Gasteiger partial charge in [0.25, 0.3) is 0 Å². The summed E-state index contributed by atoms with van der Waals surface area (Å²) in [5, 5.41) is 3.58. The summed E-state index contributed by atoms with van der Waals surface area (Å²) in [5.41, 5.74) is 6.70. The Labute approximate surface area is 125 Å². The smallest absolute Gasteiger partial charge is 0.0690 e. The van der Waals surface area contributed by atoms with Crippen LogP contribution in [0, 0.1) is 18.3 Å². The molecule has 0 radical (unpaired) electrons. The Hall–Kier alpha value is -0.420. The molecule has 4 heteroatoms. The second-order valence-corrected chi connectivity index (χ2v) is 8.29. The van der Waals surface area contributed by atoms with Crippen molar-refractivity contribution in [1.29, 1.82) is 0 Å². The van der Waals surface area contributed by atoms with Gasteiger partial charge in [0.2, 0.25) is 0 Å². The van der Waals surface area contributed by atoms with Gasteiger partial charge in [0.05, 0.1) is 6.10 Å². The van der Waals surface area contributed by atoms with Crippen LogP contribution < -0.4 is 11.1 Å². The third-order valence-corrected chi connectivity index (χ3v) is 6.41. The number of nitrogens with two attached hydrogens (primary N) is 1. The number of rotatable bonds is 4. The average molecular weight is 294 g/mol. The van der Waals surface area contributed by atoms with Crippen molar-refractivity contribution < 1.29 is 4.74 Å². The van der Waals surface area contributed by atoms with Crippen molar-refractivity contribution >= 4 is 11.3 Å². The average Bonchev–Trinajstić information content (AvgIpc) is 2.84. The van der Waals surface area contributed by atoms with Crippen LogP contribution in [-0.4, -0.2) is 24.8 Å². The Kier molecular flexibility index (Phi) is 3.70. The van der Waals surface area contributed by atoms with E-state index in [1.807, 2.05) is 11.3 Å². The van der Waals surface area contributed by atoms with Crippen molar-refractivity contribution in [3.8, 4) is 0 Å². The molecule has 0 bridgehead atoms. The van der Waals surface area contributed by atoms with E-state index in [4.69, 9.17) is 10.5 Å². The molecule has 1 aliphatic carbocycles. The van der Waals surface area contributed by atoms with E-state index in [0.29, 0.717) is 12.0 Å². The molecule has 3 atom stereocenters. The lowest BCUT2D eigenvalue weighted by molar-refractivity contribution is -0.225. The van der Waals surface area contributed by atoms with Crippen LogP contribution in [0.15, 0.2) is 12.1 Å². The van der Waals surface area contributed by atoms with Crippen LogP contribution in [0.4, 0.5) is 0 Å². The first kappa shape index (κ1) is 14.5. The summed E-state index contributed by atoms with van der Waals surface area (Å²) in [7, 11) is 0. The van der Waals surface area contributed by atoms with Crippen LogP contribution in [0.3, 0.4) is 0 Å². The summed E-state index contributed by atoms with van der Waals surface area (Å²) in [5.74, 6) is 0.517. The van der Waals surface area contributed by atoms with Crippen LogP contribution in [0.2, 0.25) is 0 Å². The van der Waals surface area contributed by atoms with Gasteiger partial charge in [0.15, 0.2) is 0 Å². The van der Waals surface area contributed by atoms with E-state index in [9.17, 15) is 0 Å². The standard InChI is InChI=1S/C16H26N2OS/c1-11-6-7-12(20-11)9-18-10-16(17)13-5-4-8-19-14(13)15(16,2)3/h6-7,13-14,18H,4-5,8-10,17H2,1-3H3. The normalized spacial score (nSPS) is 35.4. The topological polar surface area (TPSA) is 47.3 Å². The minimum absolute atomic E-state index is 0.0659. The van der Waals surface area contributed by atoms with Crippen LogP contribution in [0.25, 0.3) is 0 Å². The van der Waals surface area contributed by atoms with Gasteiger partial charge in [-0.1, -0.05) is 13.8 Å². The summed E-state index contributed by atoms with van der Waals surface area (Å²) < 4.78 is 5.95. The minimum atomic E-state index is -0.135. The molecule has 1 saturated carbocycles. The highest BCUT2D eigenvalue weighted by atomic mass is 32.1. The predicted molar refractivity (Wildman–Crippen MR) is 83.9 cm³/mol. The zero-order chi connectivity index (χ0) is 14.4. The van der Waals surface area contributed by atoms with Gasteiger partial charge in [-0.05, 0) is 31.9 Å². The van der Waals surface area contributed by atoms with Crippen molar-refractivity contribution in [2.24, 2.45) is 17.1 Å². The van der Waals surface area contributed by atoms with Crippen molar-refractivity contribution in [3.63, 3.8) is 0 Å². The largest absolute Gasteiger partial charge is 0.377 e. The molecule has 1 aromatic heterocycles. The van der Waals surface area contributed by atoms with Crippen molar-refractivity contribution in [2.45, 2.75) is 51.8 Å². The van der Waals surface area contributed by atoms with E-state index in [1.54, 1.807) is 0 Å². The van der Waals surface area contributed by atoms with E-state index in [0.717, 1.165) is 26.1 Å². The van der Waals surface area contributed by atoms with Crippen molar-refractivity contribution in [1.82, 2.24) is 5.32 Å². The highest BCUT2D eigenvalue weighted by Gasteiger charge is 2.65. The molecule has 3 rings (SSSR count). The Balaban J connectivity index is 1.60. The molecule has 2 aliphatic rings. The van der Waals surface area contributed by atoms with Gasteiger partial charge in [-0.25, -0.2) is 0 Å². The minimum Gasteiger partial charge on any atom is -0.377 e. The third-order valence-electron chi connectivity index (χ3n) is 5.41. The van der Waals surface area contributed by atoms with Gasteiger partial charge in [0, 0.05) is 46.3 Å². The molecule has 20 heavy (non-hydrogen) atoms. The van der Waals surface area contributed by atoms with E-state index in [-0.39, 0.29) is 11.0 Å². The Bertz CT molecular complexity index is 485. The van der Waals surface area contributed by atoms with Crippen LogP contribution in [-0.2, 0) is 11.3 Å². The number of thiophene rings is 1. The van der Waals surface area contributed by atoms with Gasteiger partial charge in [-0.3, -0.25) is 0 Å². The number of fused-ring (bicyclic) bond motifs is 1. The van der Waals surface area contributed by atoms with Crippen LogP contribution in [0.5, 0.6) is 0 Å². The highest BCUT2D eigenvalue weighted by Crippen LogP contribution is 2.56. The van der Waals surface area contributed by atoms with Gasteiger partial charge >= 0.3 is 0 Å². The first-order chi connectivity index (χ1) is 9.45. The molecule has 3 nitrogen and oxygen atoms in total. The van der Waals surface area contributed by atoms with E-state index in [1.165, 1.54) is 16.2 Å². The molecule has 3 N–H and O–H groups in total. The first-order valence-corrected chi connectivity index (χ1v) is 8.43. The molecule has 2 heterocycles. The summed E-state index contributed by atoms with van der Waals surface area (Å²) in [6.07, 6.45) is 2.72. The molecule has 0 spiro atoms. The molecule has 3 unspecified atom stereocenters. The molecule has 1 aliphatic heterocycles. The number of ether oxygens (including phenoxy) is 1. The SMILES string of the molecule is Cc1ccc(CNCC2(N)C3CCCOC3C2(C)C)s1. The number of nitrogens with one attached hydrogen (secondary N) is 1. The predicted octanol–water partition coefficient (Wildman–Crippen LogP) is 2.68. The molecule has 0 aromatic carbocycles. The quantitative estimate of drug-likeness (QED) is 0.897. The van der Waals surface area contributed by atoms with Gasteiger partial charge in [-0.15, -0.1) is 11.3 Å². The van der Waals surface area contributed by atoms with Crippen LogP contribution >= 0.6 is 11.3 Å². The molecular formula is C16H26N2OS. The lowest BCUT2D eigenvalue weighted by atomic mass is 9.46. The Morgan fingerprint density at radius 2 is 2.25 bits per heavy atom. The summed E-state index contributed by atoms with van der Waals surface area (Å²) in [4.78, 5) is 2.76. The number of hydrogen-bond donors (Lipinski definition) is 2. The maximum absolute atomic E-state index is 6.77. The van der Waals surface area contributed by atoms with Gasteiger partial charge in [0.1, 0.15) is 0 Å². The first-order valence-electron chi connectivity index (χ1n) is 7.62. The molecule has 1 saturated heterocycles. The molecule has 1 aromatic rings. The van der Waals surface area contributed by atoms with E-state index >= 15 is 0 Å². The Morgan fingerprint density at radius 1 is 1.45 bits per heavy atom. The number of aryl methyl sites for hydroxylation is 1. The highest BCUT2D eigenvalue weighted by molar-refractivity contribution is 7.11. The summed E-state index contributed by atoms with van der Waals surface area (Å²) in [6.45, 7) is 9.38. The maximum atomic E-state index is 6.77. The fourth-order valence-corrected chi connectivity index (χ4v) is 4.86. The second-order valence-electron chi connectivity index (χ2n) is 6.92. The fraction of sp³-hybridized carbons (Fsp3) is 0.750. The van der Waals surface area contributed by atoms with E-state index < -0.39 is 0 Å². The maximum Gasteiger partial charge on any atom is 0.0690 e. The zero-order valence-electron chi connectivity index (χ0n) is 12.7. The molecule has 2 fully saturated rings. The van der Waals surface area contributed by atoms with Crippen molar-refractivity contribution in [3.05, 3.63) is 21.9 Å². The lowest BCUT2D eigenvalue weighted by Gasteiger charge is -2.66. The molecular weight excluding hydrogens is 268 g/mol. The molecule has 112 valence electrons. The summed E-state index contributed by atoms with van der Waals surface area (Å²) in [6, 6.07) is 4.38. The van der Waals surface area contributed by atoms with E-state index in [2.05, 4.69) is 38.2 Å². The Morgan fingerprint density at radius 3 is 2.95 bits per heavy atom. The summed E-state index contributed by atoms with van der Waals surface area (Å²) >= 11 is 1.86. The monoisotopic (exact) mass is 294 g/mol. The second kappa shape index (κ2) is 5.09. The van der Waals surface area contributed by atoms with Gasteiger partial charge < -0.3 is 15.8 Å². The van der Waals surface area contributed by atoms with Gasteiger partial charge in [-0.2, -0.15) is 0 Å². The van der Waals surface area contributed by atoms with Crippen LogP contribution in [0.1, 0.15) is 36.4 Å². The zero-order valence-corrected chi connectivity index (χ0v) is 13.6. The van der Waals surface area contributed by atoms with Crippen molar-refractivity contribution in [2.75, 3.05) is 13.2 Å². The third kappa shape index (κ3) is 2.13. The molecule has 0 amide bonds. The lowest BCUT2D eigenvalue weighted by Crippen LogP contribution is -2.80. The number of hydrogen-bond acceptors (Lipinski definition) is 4.